The first kappa shape index (κ1) is 16.3. The fraction of sp³-hybridized carbons (Fsp3) is 0.667. The molecule has 0 saturated carbocycles. The van der Waals surface area contributed by atoms with E-state index >= 15 is 0 Å². The van der Waals surface area contributed by atoms with Crippen molar-refractivity contribution in [3.63, 3.8) is 0 Å². The van der Waals surface area contributed by atoms with Crippen LogP contribution in [0.4, 0.5) is 5.69 Å². The molecule has 21 heavy (non-hydrogen) atoms. The topological polar surface area (TPSA) is 24.5 Å². The second-order valence-corrected chi connectivity index (χ2v) is 6.80. The van der Waals surface area contributed by atoms with Gasteiger partial charge in [0.05, 0.1) is 11.7 Å². The summed E-state index contributed by atoms with van der Waals surface area (Å²) in [5, 5.41) is 3.60. The molecule has 1 saturated heterocycles. The number of nitrogens with zero attached hydrogens (tertiary/aromatic N) is 1. The highest BCUT2D eigenvalue weighted by molar-refractivity contribution is 5.55. The summed E-state index contributed by atoms with van der Waals surface area (Å²) in [4.78, 5) is 2.48. The Bertz CT molecular complexity index is 458. The molecule has 0 aliphatic carbocycles. The van der Waals surface area contributed by atoms with E-state index in [0.717, 1.165) is 26.1 Å². The Morgan fingerprint density at radius 3 is 2.76 bits per heavy atom. The molecule has 0 spiro atoms. The number of morpholine rings is 1. The molecule has 0 bridgehead atoms. The Balaban J connectivity index is 2.23. The van der Waals surface area contributed by atoms with Crippen LogP contribution < -0.4 is 10.2 Å². The molecule has 1 fully saturated rings. The van der Waals surface area contributed by atoms with Crippen LogP contribution in [0.3, 0.4) is 0 Å². The number of para-hydroxylation sites is 1. The van der Waals surface area contributed by atoms with E-state index in [9.17, 15) is 0 Å². The SMILES string of the molecule is CCCNC(C)c1ccccc1N1CC(C)OC(C)(C)C1. The monoisotopic (exact) mass is 290 g/mol. The van der Waals surface area contributed by atoms with Gasteiger partial charge in [0.2, 0.25) is 0 Å². The summed E-state index contributed by atoms with van der Waals surface area (Å²) < 4.78 is 6.03. The summed E-state index contributed by atoms with van der Waals surface area (Å²) >= 11 is 0. The minimum Gasteiger partial charge on any atom is -0.369 e. The van der Waals surface area contributed by atoms with Crippen molar-refractivity contribution in [3.8, 4) is 0 Å². The van der Waals surface area contributed by atoms with E-state index in [4.69, 9.17) is 4.74 Å². The highest BCUT2D eigenvalue weighted by atomic mass is 16.5. The third-order valence-electron chi connectivity index (χ3n) is 4.01. The lowest BCUT2D eigenvalue weighted by molar-refractivity contribution is -0.0750. The second kappa shape index (κ2) is 6.80. The molecular weight excluding hydrogens is 260 g/mol. The lowest BCUT2D eigenvalue weighted by Crippen LogP contribution is -2.52. The van der Waals surface area contributed by atoms with Crippen molar-refractivity contribution in [2.24, 2.45) is 0 Å². The van der Waals surface area contributed by atoms with Gasteiger partial charge in [-0.15, -0.1) is 0 Å². The van der Waals surface area contributed by atoms with Gasteiger partial charge in [0, 0.05) is 24.8 Å². The summed E-state index contributed by atoms with van der Waals surface area (Å²) in [6, 6.07) is 9.14. The first-order valence-corrected chi connectivity index (χ1v) is 8.18. The van der Waals surface area contributed by atoms with Gasteiger partial charge in [-0.2, -0.15) is 0 Å². The highest BCUT2D eigenvalue weighted by Crippen LogP contribution is 2.31. The van der Waals surface area contributed by atoms with E-state index in [1.54, 1.807) is 0 Å². The van der Waals surface area contributed by atoms with Gasteiger partial charge in [0.15, 0.2) is 0 Å². The van der Waals surface area contributed by atoms with E-state index < -0.39 is 0 Å². The number of rotatable bonds is 5. The molecule has 118 valence electrons. The average Bonchev–Trinajstić information content (AvgIpc) is 2.42. The largest absolute Gasteiger partial charge is 0.369 e. The van der Waals surface area contributed by atoms with Gasteiger partial charge >= 0.3 is 0 Å². The van der Waals surface area contributed by atoms with E-state index in [2.05, 4.69) is 69.1 Å². The number of ether oxygens (including phenoxy) is 1. The van der Waals surface area contributed by atoms with Crippen LogP contribution >= 0.6 is 0 Å². The number of benzene rings is 1. The first-order chi connectivity index (χ1) is 9.93. The second-order valence-electron chi connectivity index (χ2n) is 6.80. The van der Waals surface area contributed by atoms with Gasteiger partial charge in [0.25, 0.3) is 0 Å². The minimum atomic E-state index is -0.0924. The Morgan fingerprint density at radius 1 is 1.38 bits per heavy atom. The van der Waals surface area contributed by atoms with Gasteiger partial charge in [-0.3, -0.25) is 0 Å². The van der Waals surface area contributed by atoms with E-state index in [1.165, 1.54) is 11.3 Å². The van der Waals surface area contributed by atoms with Crippen LogP contribution in [0.1, 0.15) is 52.6 Å². The molecule has 1 aromatic rings. The van der Waals surface area contributed by atoms with Crippen LogP contribution in [0.5, 0.6) is 0 Å². The van der Waals surface area contributed by atoms with Crippen molar-refractivity contribution >= 4 is 5.69 Å². The average molecular weight is 290 g/mol. The predicted octanol–water partition coefficient (Wildman–Crippen LogP) is 3.75. The Labute approximate surface area is 129 Å². The van der Waals surface area contributed by atoms with Crippen LogP contribution in [-0.4, -0.2) is 31.3 Å². The molecule has 1 aliphatic rings. The molecule has 3 heteroatoms. The molecule has 2 atom stereocenters. The zero-order valence-electron chi connectivity index (χ0n) is 14.1. The van der Waals surface area contributed by atoms with E-state index in [0.29, 0.717) is 6.04 Å². The zero-order valence-corrected chi connectivity index (χ0v) is 14.1. The summed E-state index contributed by atoms with van der Waals surface area (Å²) in [6.45, 7) is 13.9. The Morgan fingerprint density at radius 2 is 2.10 bits per heavy atom. The summed E-state index contributed by atoms with van der Waals surface area (Å²) in [5.74, 6) is 0. The van der Waals surface area contributed by atoms with Crippen LogP contribution in [-0.2, 0) is 4.74 Å². The number of anilines is 1. The lowest BCUT2D eigenvalue weighted by Gasteiger charge is -2.43. The quantitative estimate of drug-likeness (QED) is 0.894. The van der Waals surface area contributed by atoms with Crippen molar-refractivity contribution in [2.45, 2.75) is 58.8 Å². The van der Waals surface area contributed by atoms with Crippen molar-refractivity contribution in [1.82, 2.24) is 5.32 Å². The third-order valence-corrected chi connectivity index (χ3v) is 4.01. The van der Waals surface area contributed by atoms with Gasteiger partial charge in [-0.25, -0.2) is 0 Å². The van der Waals surface area contributed by atoms with Crippen molar-refractivity contribution < 1.29 is 4.74 Å². The number of hydrogen-bond donors (Lipinski definition) is 1. The van der Waals surface area contributed by atoms with E-state index in [-0.39, 0.29) is 11.7 Å². The maximum atomic E-state index is 6.03. The van der Waals surface area contributed by atoms with Crippen LogP contribution in [0.2, 0.25) is 0 Å². The zero-order chi connectivity index (χ0) is 15.5. The molecule has 1 heterocycles. The Hall–Kier alpha value is -1.06. The van der Waals surface area contributed by atoms with Gasteiger partial charge in [0.1, 0.15) is 0 Å². The highest BCUT2D eigenvalue weighted by Gasteiger charge is 2.32. The van der Waals surface area contributed by atoms with Crippen LogP contribution in [0.15, 0.2) is 24.3 Å². The molecule has 2 rings (SSSR count). The molecular formula is C18H30N2O. The molecule has 1 aromatic carbocycles. The first-order valence-electron chi connectivity index (χ1n) is 8.18. The van der Waals surface area contributed by atoms with Crippen molar-refractivity contribution in [2.75, 3.05) is 24.5 Å². The minimum absolute atomic E-state index is 0.0924. The molecule has 0 aromatic heterocycles. The summed E-state index contributed by atoms with van der Waals surface area (Å²) in [5.41, 5.74) is 2.64. The molecule has 3 nitrogen and oxygen atoms in total. The number of hydrogen-bond acceptors (Lipinski definition) is 3. The summed E-state index contributed by atoms with van der Waals surface area (Å²) in [7, 11) is 0. The standard InChI is InChI=1S/C18H30N2O/c1-6-11-19-15(3)16-9-7-8-10-17(16)20-12-14(2)21-18(4,5)13-20/h7-10,14-15,19H,6,11-13H2,1-5H3. The van der Waals surface area contributed by atoms with Gasteiger partial charge in [-0.05, 0) is 52.3 Å². The normalized spacial score (nSPS) is 23.1. The lowest BCUT2D eigenvalue weighted by atomic mass is 10.0. The van der Waals surface area contributed by atoms with Crippen LogP contribution in [0.25, 0.3) is 0 Å². The fourth-order valence-electron chi connectivity index (χ4n) is 3.25. The van der Waals surface area contributed by atoms with Gasteiger partial charge < -0.3 is 15.0 Å². The van der Waals surface area contributed by atoms with Crippen molar-refractivity contribution in [1.29, 1.82) is 0 Å². The molecule has 2 unspecified atom stereocenters. The fourth-order valence-corrected chi connectivity index (χ4v) is 3.25. The molecule has 0 radical (unpaired) electrons. The van der Waals surface area contributed by atoms with Gasteiger partial charge in [-0.1, -0.05) is 25.1 Å². The predicted molar refractivity (Wildman–Crippen MR) is 90.0 cm³/mol. The van der Waals surface area contributed by atoms with Crippen LogP contribution in [0, 0.1) is 0 Å². The number of nitrogens with one attached hydrogen (secondary N) is 1. The van der Waals surface area contributed by atoms with E-state index in [1.807, 2.05) is 0 Å². The Kier molecular flexibility index (Phi) is 5.28. The summed E-state index contributed by atoms with van der Waals surface area (Å²) in [6.07, 6.45) is 1.43. The molecule has 1 aliphatic heterocycles. The maximum Gasteiger partial charge on any atom is 0.0805 e. The molecule has 1 N–H and O–H groups in total. The van der Waals surface area contributed by atoms with Crippen molar-refractivity contribution in [3.05, 3.63) is 29.8 Å². The third kappa shape index (κ3) is 4.21. The maximum absolute atomic E-state index is 6.03. The molecule has 0 amide bonds. The smallest absolute Gasteiger partial charge is 0.0805 e.